The molecule has 0 aliphatic carbocycles. The number of amides is 1. The van der Waals surface area contributed by atoms with Crippen LogP contribution in [-0.4, -0.2) is 42.2 Å². The fourth-order valence-corrected chi connectivity index (χ4v) is 3.73. The number of ether oxygens (including phenoxy) is 1. The highest BCUT2D eigenvalue weighted by molar-refractivity contribution is 5.81. The van der Waals surface area contributed by atoms with E-state index in [-0.39, 0.29) is 6.09 Å². The Bertz CT molecular complexity index is 725. The summed E-state index contributed by atoms with van der Waals surface area (Å²) in [7, 11) is 0. The lowest BCUT2D eigenvalue weighted by Crippen LogP contribution is -2.40. The van der Waals surface area contributed by atoms with Gasteiger partial charge in [0.1, 0.15) is 5.75 Å². The molecule has 1 aromatic carbocycles. The molecule has 3 heterocycles. The van der Waals surface area contributed by atoms with Crippen molar-refractivity contribution < 1.29 is 9.53 Å². The van der Waals surface area contributed by atoms with Crippen molar-refractivity contribution >= 4 is 17.0 Å². The lowest BCUT2D eigenvalue weighted by atomic mass is 9.78. The summed E-state index contributed by atoms with van der Waals surface area (Å²) in [5, 5.41) is 4.44. The van der Waals surface area contributed by atoms with E-state index in [9.17, 15) is 4.79 Å². The van der Waals surface area contributed by atoms with Gasteiger partial charge in [0.15, 0.2) is 0 Å². The maximum atomic E-state index is 12.4. The van der Waals surface area contributed by atoms with Crippen molar-refractivity contribution in [2.24, 2.45) is 5.41 Å². The molecule has 1 N–H and O–H groups in total. The predicted molar refractivity (Wildman–Crippen MR) is 88.5 cm³/mol. The monoisotopic (exact) mass is 311 g/mol. The zero-order chi connectivity index (χ0) is 15.7. The van der Waals surface area contributed by atoms with Crippen LogP contribution in [-0.2, 0) is 0 Å². The number of nitrogens with zero attached hydrogens (tertiary/aromatic N) is 2. The number of pyridine rings is 1. The number of carbonyl (C=O) groups excluding carboxylic acids is 1. The van der Waals surface area contributed by atoms with Crippen molar-refractivity contribution in [2.45, 2.75) is 19.3 Å². The van der Waals surface area contributed by atoms with Crippen LogP contribution in [0, 0.1) is 5.41 Å². The summed E-state index contributed by atoms with van der Waals surface area (Å²) in [5.74, 6) is 0.562. The molecule has 5 nitrogen and oxygen atoms in total. The summed E-state index contributed by atoms with van der Waals surface area (Å²) < 4.78 is 5.57. The van der Waals surface area contributed by atoms with E-state index in [0.717, 1.165) is 56.3 Å². The number of carbonyl (C=O) groups is 1. The Morgan fingerprint density at radius 1 is 1.22 bits per heavy atom. The Morgan fingerprint density at radius 3 is 2.96 bits per heavy atom. The minimum atomic E-state index is -0.240. The molecule has 0 atom stereocenters. The second-order valence-electron chi connectivity index (χ2n) is 6.65. The molecule has 0 saturated carbocycles. The largest absolute Gasteiger partial charge is 0.415 e. The first-order valence-electron chi connectivity index (χ1n) is 8.26. The summed E-state index contributed by atoms with van der Waals surface area (Å²) in [6, 6.07) is 9.48. The average Bonchev–Trinajstić information content (AvgIpc) is 2.99. The summed E-state index contributed by atoms with van der Waals surface area (Å²) in [6.07, 6.45) is 4.89. The number of nitrogens with one attached hydrogen (secondary N) is 1. The minimum absolute atomic E-state index is 0.240. The van der Waals surface area contributed by atoms with Crippen LogP contribution < -0.4 is 10.1 Å². The van der Waals surface area contributed by atoms with E-state index in [1.807, 2.05) is 35.2 Å². The summed E-state index contributed by atoms with van der Waals surface area (Å²) >= 11 is 0. The van der Waals surface area contributed by atoms with E-state index >= 15 is 0 Å². The van der Waals surface area contributed by atoms with Crippen molar-refractivity contribution in [2.75, 3.05) is 26.2 Å². The Hall–Kier alpha value is -2.14. The third-order valence-corrected chi connectivity index (χ3v) is 5.14. The zero-order valence-corrected chi connectivity index (χ0v) is 13.1. The van der Waals surface area contributed by atoms with Gasteiger partial charge in [0.25, 0.3) is 0 Å². The van der Waals surface area contributed by atoms with E-state index in [1.54, 1.807) is 6.20 Å². The first-order chi connectivity index (χ1) is 11.2. The number of aromatic nitrogens is 1. The maximum absolute atomic E-state index is 12.4. The van der Waals surface area contributed by atoms with Crippen molar-refractivity contribution in [3.05, 3.63) is 36.5 Å². The molecule has 23 heavy (non-hydrogen) atoms. The number of hydrogen-bond acceptors (Lipinski definition) is 4. The number of hydrogen-bond donors (Lipinski definition) is 1. The Kier molecular flexibility index (Phi) is 3.65. The zero-order valence-electron chi connectivity index (χ0n) is 13.1. The molecule has 1 amide bonds. The van der Waals surface area contributed by atoms with Crippen molar-refractivity contribution in [3.8, 4) is 5.75 Å². The SMILES string of the molecule is O=C(Oc1ccc2cccnc2c1)N1CCC2(CCNCC2)C1. The van der Waals surface area contributed by atoms with E-state index in [1.165, 1.54) is 0 Å². The standard InChI is InChI=1S/C18H21N3O2/c22-17(21-11-7-18(13-21)5-9-19-10-6-18)23-15-4-3-14-2-1-8-20-16(14)12-15/h1-4,8,12,19H,5-7,9-11,13H2. The van der Waals surface area contributed by atoms with Crippen LogP contribution >= 0.6 is 0 Å². The van der Waals surface area contributed by atoms with Gasteiger partial charge in [0.05, 0.1) is 5.52 Å². The number of benzene rings is 1. The molecule has 1 aromatic heterocycles. The number of likely N-dealkylation sites (tertiary alicyclic amines) is 1. The first kappa shape index (κ1) is 14.5. The fraction of sp³-hybridized carbons (Fsp3) is 0.444. The highest BCUT2D eigenvalue weighted by Gasteiger charge is 2.41. The molecular formula is C18H21N3O2. The molecule has 5 heteroatoms. The molecule has 4 rings (SSSR count). The van der Waals surface area contributed by atoms with Gasteiger partial charge in [-0.1, -0.05) is 6.07 Å². The highest BCUT2D eigenvalue weighted by Crippen LogP contribution is 2.38. The average molecular weight is 311 g/mol. The molecule has 0 bridgehead atoms. The van der Waals surface area contributed by atoms with Gasteiger partial charge in [0.2, 0.25) is 0 Å². The maximum Gasteiger partial charge on any atom is 0.415 e. The summed E-state index contributed by atoms with van der Waals surface area (Å²) in [4.78, 5) is 18.6. The van der Waals surface area contributed by atoms with Crippen molar-refractivity contribution in [1.29, 1.82) is 0 Å². The van der Waals surface area contributed by atoms with Crippen molar-refractivity contribution in [1.82, 2.24) is 15.2 Å². The second-order valence-corrected chi connectivity index (χ2v) is 6.65. The number of piperidine rings is 1. The smallest absolute Gasteiger partial charge is 0.410 e. The molecule has 2 aliphatic heterocycles. The van der Waals surface area contributed by atoms with Gasteiger partial charge in [-0.25, -0.2) is 4.79 Å². The molecule has 2 aliphatic rings. The second kappa shape index (κ2) is 5.81. The molecule has 0 unspecified atom stereocenters. The van der Waals surface area contributed by atoms with E-state index < -0.39 is 0 Å². The van der Waals surface area contributed by atoms with Crippen LogP contribution in [0.25, 0.3) is 10.9 Å². The summed E-state index contributed by atoms with van der Waals surface area (Å²) in [5.41, 5.74) is 1.14. The molecule has 1 spiro atoms. The number of rotatable bonds is 1. The Labute approximate surface area is 135 Å². The minimum Gasteiger partial charge on any atom is -0.410 e. The van der Waals surface area contributed by atoms with E-state index in [4.69, 9.17) is 4.74 Å². The number of fused-ring (bicyclic) bond motifs is 1. The van der Waals surface area contributed by atoms with Crippen LogP contribution in [0.3, 0.4) is 0 Å². The van der Waals surface area contributed by atoms with Gasteiger partial charge < -0.3 is 15.0 Å². The van der Waals surface area contributed by atoms with Crippen LogP contribution in [0.4, 0.5) is 4.79 Å². The fourth-order valence-electron chi connectivity index (χ4n) is 3.73. The third kappa shape index (κ3) is 2.88. The van der Waals surface area contributed by atoms with Gasteiger partial charge in [-0.2, -0.15) is 0 Å². The van der Waals surface area contributed by atoms with Gasteiger partial charge in [-0.3, -0.25) is 4.98 Å². The van der Waals surface area contributed by atoms with Gasteiger partial charge >= 0.3 is 6.09 Å². The van der Waals surface area contributed by atoms with E-state index in [2.05, 4.69) is 10.3 Å². The summed E-state index contributed by atoms with van der Waals surface area (Å²) in [6.45, 7) is 3.72. The Morgan fingerprint density at radius 2 is 2.09 bits per heavy atom. The predicted octanol–water partition coefficient (Wildman–Crippen LogP) is 2.81. The topological polar surface area (TPSA) is 54.5 Å². The van der Waals surface area contributed by atoms with Gasteiger partial charge in [0, 0.05) is 30.7 Å². The van der Waals surface area contributed by atoms with Crippen molar-refractivity contribution in [3.63, 3.8) is 0 Å². The van der Waals surface area contributed by atoms with Crippen LogP contribution in [0.15, 0.2) is 36.5 Å². The van der Waals surface area contributed by atoms with Gasteiger partial charge in [-0.05, 0) is 56.0 Å². The van der Waals surface area contributed by atoms with Crippen LogP contribution in [0.5, 0.6) is 5.75 Å². The van der Waals surface area contributed by atoms with Crippen LogP contribution in [0.2, 0.25) is 0 Å². The molecule has 2 fully saturated rings. The molecule has 2 aromatic rings. The quantitative estimate of drug-likeness (QED) is 0.880. The Balaban J connectivity index is 1.45. The van der Waals surface area contributed by atoms with E-state index in [0.29, 0.717) is 11.2 Å². The molecule has 120 valence electrons. The highest BCUT2D eigenvalue weighted by atomic mass is 16.6. The normalized spacial score (nSPS) is 20.1. The van der Waals surface area contributed by atoms with Gasteiger partial charge in [-0.15, -0.1) is 0 Å². The molecule has 2 saturated heterocycles. The van der Waals surface area contributed by atoms with Crippen LogP contribution in [0.1, 0.15) is 19.3 Å². The first-order valence-corrected chi connectivity index (χ1v) is 8.26. The molecule has 0 radical (unpaired) electrons. The lowest BCUT2D eigenvalue weighted by Gasteiger charge is -2.33. The lowest BCUT2D eigenvalue weighted by molar-refractivity contribution is 0.148. The molecular weight excluding hydrogens is 290 g/mol. The third-order valence-electron chi connectivity index (χ3n) is 5.14.